The van der Waals surface area contributed by atoms with Gasteiger partial charge in [0.2, 0.25) is 5.78 Å². The van der Waals surface area contributed by atoms with E-state index in [0.717, 1.165) is 43.2 Å². The molecule has 1 aromatic heterocycles. The Morgan fingerprint density at radius 1 is 0.962 bits per heavy atom. The van der Waals surface area contributed by atoms with Crippen molar-refractivity contribution in [1.29, 1.82) is 0 Å². The van der Waals surface area contributed by atoms with E-state index in [2.05, 4.69) is 29.2 Å². The summed E-state index contributed by atoms with van der Waals surface area (Å²) in [5, 5.41) is 0. The lowest BCUT2D eigenvalue weighted by Crippen LogP contribution is -1.99. The molecule has 0 radical (unpaired) electrons. The number of aryl methyl sites for hydroxylation is 2. The minimum Gasteiger partial charge on any atom is -0.434 e. The lowest BCUT2D eigenvalue weighted by atomic mass is 10.0. The Morgan fingerprint density at radius 3 is 2.58 bits per heavy atom. The summed E-state index contributed by atoms with van der Waals surface area (Å²) in [6.45, 7) is 2.03. The topological polar surface area (TPSA) is 43.1 Å². The standard InChI is InChI=1S/C23H25NO2/c1-18-10-9-14-20(16-18)22-17-24-23(26-22)21(25)15-8-3-2-5-11-19-12-6-4-7-13-19/h4,6-7,9-10,12-14,16-17H,2-3,5,8,11,15H2,1H3. The van der Waals surface area contributed by atoms with Gasteiger partial charge in [-0.2, -0.15) is 0 Å². The zero-order valence-electron chi connectivity index (χ0n) is 15.3. The molecule has 3 heteroatoms. The quantitative estimate of drug-likeness (QED) is 0.351. The molecule has 0 aliphatic heterocycles. The van der Waals surface area contributed by atoms with E-state index in [1.54, 1.807) is 6.20 Å². The van der Waals surface area contributed by atoms with Crippen molar-refractivity contribution in [1.82, 2.24) is 4.98 Å². The Hall–Kier alpha value is -2.68. The second-order valence-electron chi connectivity index (χ2n) is 6.72. The molecular weight excluding hydrogens is 322 g/mol. The van der Waals surface area contributed by atoms with E-state index in [0.29, 0.717) is 12.2 Å². The number of nitrogens with zero attached hydrogens (tertiary/aromatic N) is 1. The molecule has 0 aliphatic rings. The van der Waals surface area contributed by atoms with E-state index >= 15 is 0 Å². The number of aromatic nitrogens is 1. The Balaban J connectivity index is 1.40. The van der Waals surface area contributed by atoms with Gasteiger partial charge in [0.25, 0.3) is 5.89 Å². The first-order chi connectivity index (χ1) is 12.7. The molecule has 2 aromatic carbocycles. The number of ketones is 1. The first-order valence-electron chi connectivity index (χ1n) is 9.32. The smallest absolute Gasteiger partial charge is 0.263 e. The van der Waals surface area contributed by atoms with E-state index < -0.39 is 0 Å². The lowest BCUT2D eigenvalue weighted by Gasteiger charge is -2.01. The van der Waals surface area contributed by atoms with Crippen molar-refractivity contribution in [2.45, 2.75) is 45.4 Å². The van der Waals surface area contributed by atoms with Gasteiger partial charge >= 0.3 is 0 Å². The third-order valence-electron chi connectivity index (χ3n) is 4.51. The van der Waals surface area contributed by atoms with Crippen molar-refractivity contribution >= 4 is 5.78 Å². The molecule has 0 saturated carbocycles. The molecule has 0 aliphatic carbocycles. The maximum atomic E-state index is 12.3. The minimum atomic E-state index is -0.00744. The lowest BCUT2D eigenvalue weighted by molar-refractivity contribution is 0.0946. The Kier molecular flexibility index (Phi) is 6.37. The number of hydrogen-bond donors (Lipinski definition) is 0. The molecule has 1 heterocycles. The highest BCUT2D eigenvalue weighted by Gasteiger charge is 2.13. The van der Waals surface area contributed by atoms with Crippen LogP contribution >= 0.6 is 0 Å². The van der Waals surface area contributed by atoms with Crippen molar-refractivity contribution in [3.8, 4) is 11.3 Å². The van der Waals surface area contributed by atoms with Gasteiger partial charge in [0.1, 0.15) is 0 Å². The molecule has 0 bridgehead atoms. The summed E-state index contributed by atoms with van der Waals surface area (Å²) in [4.78, 5) is 16.4. The maximum absolute atomic E-state index is 12.3. The van der Waals surface area contributed by atoms with Gasteiger partial charge in [-0.3, -0.25) is 4.79 Å². The van der Waals surface area contributed by atoms with Crippen LogP contribution in [0.1, 0.15) is 53.9 Å². The Bertz CT molecular complexity index is 836. The number of hydrogen-bond acceptors (Lipinski definition) is 3. The van der Waals surface area contributed by atoms with Crippen LogP contribution in [0, 0.1) is 6.92 Å². The maximum Gasteiger partial charge on any atom is 0.263 e. The summed E-state index contributed by atoms with van der Waals surface area (Å²) in [6, 6.07) is 18.5. The number of unbranched alkanes of at least 4 members (excludes halogenated alkanes) is 3. The van der Waals surface area contributed by atoms with Crippen LogP contribution in [0.5, 0.6) is 0 Å². The summed E-state index contributed by atoms with van der Waals surface area (Å²) < 4.78 is 5.66. The van der Waals surface area contributed by atoms with Crippen LogP contribution in [-0.2, 0) is 6.42 Å². The Labute approximate surface area is 155 Å². The summed E-state index contributed by atoms with van der Waals surface area (Å²) in [7, 11) is 0. The summed E-state index contributed by atoms with van der Waals surface area (Å²) in [5.74, 6) is 0.873. The third kappa shape index (κ3) is 5.16. The highest BCUT2D eigenvalue weighted by molar-refractivity contribution is 5.92. The average Bonchev–Trinajstić information content (AvgIpc) is 3.15. The molecule has 0 atom stereocenters. The van der Waals surface area contributed by atoms with Gasteiger partial charge in [0.05, 0.1) is 6.20 Å². The van der Waals surface area contributed by atoms with Gasteiger partial charge < -0.3 is 4.42 Å². The van der Waals surface area contributed by atoms with Crippen LogP contribution < -0.4 is 0 Å². The second-order valence-corrected chi connectivity index (χ2v) is 6.72. The van der Waals surface area contributed by atoms with Gasteiger partial charge in [-0.05, 0) is 37.8 Å². The first-order valence-corrected chi connectivity index (χ1v) is 9.32. The molecule has 0 N–H and O–H groups in total. The fraction of sp³-hybridized carbons (Fsp3) is 0.304. The monoisotopic (exact) mass is 347 g/mol. The molecule has 0 spiro atoms. The fourth-order valence-electron chi connectivity index (χ4n) is 3.05. The molecule has 0 fully saturated rings. The predicted octanol–water partition coefficient (Wildman–Crippen LogP) is 6.03. The molecule has 26 heavy (non-hydrogen) atoms. The van der Waals surface area contributed by atoms with E-state index in [1.807, 2.05) is 37.3 Å². The van der Waals surface area contributed by atoms with E-state index in [-0.39, 0.29) is 11.7 Å². The molecule has 3 rings (SSSR count). The Morgan fingerprint density at radius 2 is 1.77 bits per heavy atom. The zero-order chi connectivity index (χ0) is 18.2. The third-order valence-corrected chi connectivity index (χ3v) is 4.51. The minimum absolute atomic E-state index is 0.00744. The van der Waals surface area contributed by atoms with E-state index in [4.69, 9.17) is 4.42 Å². The zero-order valence-corrected chi connectivity index (χ0v) is 15.3. The number of rotatable bonds is 9. The normalized spacial score (nSPS) is 10.8. The number of benzene rings is 2. The van der Waals surface area contributed by atoms with Crippen molar-refractivity contribution in [2.24, 2.45) is 0 Å². The summed E-state index contributed by atoms with van der Waals surface area (Å²) >= 11 is 0. The fourth-order valence-corrected chi connectivity index (χ4v) is 3.05. The molecule has 3 aromatic rings. The predicted molar refractivity (Wildman–Crippen MR) is 104 cm³/mol. The van der Waals surface area contributed by atoms with Crippen molar-refractivity contribution in [2.75, 3.05) is 0 Å². The molecular formula is C23H25NO2. The van der Waals surface area contributed by atoms with Gasteiger partial charge in [-0.1, -0.05) is 66.9 Å². The van der Waals surface area contributed by atoms with Crippen LogP contribution in [0.3, 0.4) is 0 Å². The first kappa shape index (κ1) is 18.1. The number of carbonyl (C=O) groups excluding carboxylic acids is 1. The van der Waals surface area contributed by atoms with Crippen LogP contribution in [0.15, 0.2) is 65.2 Å². The van der Waals surface area contributed by atoms with Crippen LogP contribution in [-0.4, -0.2) is 10.8 Å². The van der Waals surface area contributed by atoms with E-state index in [1.165, 1.54) is 5.56 Å². The summed E-state index contributed by atoms with van der Waals surface area (Å²) in [5.41, 5.74) is 3.49. The average molecular weight is 347 g/mol. The van der Waals surface area contributed by atoms with Crippen molar-refractivity contribution < 1.29 is 9.21 Å². The molecule has 0 unspecified atom stereocenters. The van der Waals surface area contributed by atoms with Gasteiger partial charge in [-0.15, -0.1) is 0 Å². The van der Waals surface area contributed by atoms with Crippen LogP contribution in [0.2, 0.25) is 0 Å². The van der Waals surface area contributed by atoms with Crippen LogP contribution in [0.4, 0.5) is 0 Å². The highest BCUT2D eigenvalue weighted by atomic mass is 16.4. The SMILES string of the molecule is Cc1cccc(-c2cnc(C(=O)CCCCCCc3ccccc3)o2)c1. The molecule has 3 nitrogen and oxygen atoms in total. The van der Waals surface area contributed by atoms with Crippen molar-refractivity contribution in [3.63, 3.8) is 0 Å². The second kappa shape index (κ2) is 9.14. The molecule has 134 valence electrons. The largest absolute Gasteiger partial charge is 0.434 e. The van der Waals surface area contributed by atoms with Crippen molar-refractivity contribution in [3.05, 3.63) is 77.8 Å². The number of Topliss-reactive ketones (excluding diaryl/α,β-unsaturated/α-hetero) is 1. The molecule has 0 amide bonds. The van der Waals surface area contributed by atoms with Crippen LogP contribution in [0.25, 0.3) is 11.3 Å². The van der Waals surface area contributed by atoms with Gasteiger partial charge in [0.15, 0.2) is 5.76 Å². The molecule has 0 saturated heterocycles. The summed E-state index contributed by atoms with van der Waals surface area (Å²) in [6.07, 6.45) is 7.49. The van der Waals surface area contributed by atoms with E-state index in [9.17, 15) is 4.79 Å². The van der Waals surface area contributed by atoms with Gasteiger partial charge in [0, 0.05) is 12.0 Å². The number of carbonyl (C=O) groups is 1. The highest BCUT2D eigenvalue weighted by Crippen LogP contribution is 2.22. The van der Waals surface area contributed by atoms with Gasteiger partial charge in [-0.25, -0.2) is 4.98 Å². The number of oxazole rings is 1.